The molecule has 238 valence electrons. The van der Waals surface area contributed by atoms with E-state index in [1.165, 1.54) is 0 Å². The summed E-state index contributed by atoms with van der Waals surface area (Å²) in [6.45, 7) is 0. The van der Waals surface area contributed by atoms with Crippen molar-refractivity contribution in [1.29, 1.82) is 0 Å². The summed E-state index contributed by atoms with van der Waals surface area (Å²) >= 11 is 0. The van der Waals surface area contributed by atoms with Crippen LogP contribution >= 0.6 is 0 Å². The van der Waals surface area contributed by atoms with E-state index >= 15 is 0 Å². The lowest BCUT2D eigenvalue weighted by molar-refractivity contribution is -0.128. The van der Waals surface area contributed by atoms with Gasteiger partial charge in [0.2, 0.25) is 11.8 Å². The maximum atomic E-state index is 13.8. The van der Waals surface area contributed by atoms with Gasteiger partial charge in [0.25, 0.3) is 0 Å². The Morgan fingerprint density at radius 3 is 1.37 bits per heavy atom. The van der Waals surface area contributed by atoms with Gasteiger partial charge in [0, 0.05) is 24.7 Å². The summed E-state index contributed by atoms with van der Waals surface area (Å²) in [6, 6.07) is 33.8. The third kappa shape index (κ3) is 7.39. The molecular weight excluding hydrogens is 576 g/mol. The predicted molar refractivity (Wildman–Crippen MR) is 177 cm³/mol. The molecule has 0 heterocycles. The Bertz CT molecular complexity index is 1510. The number of carbonyl (C=O) groups excluding carboxylic acids is 2. The molecule has 7 nitrogen and oxygen atoms in total. The smallest absolute Gasteiger partial charge is 0.224 e. The summed E-state index contributed by atoms with van der Waals surface area (Å²) < 4.78 is 0. The number of hydrogen-bond acceptors (Lipinski definition) is 5. The molecule has 0 fully saturated rings. The quantitative estimate of drug-likeness (QED) is 0.161. The molecule has 4 aromatic rings. The summed E-state index contributed by atoms with van der Waals surface area (Å²) in [5.74, 6) is -1.64. The molecule has 0 aliphatic heterocycles. The van der Waals surface area contributed by atoms with Gasteiger partial charge in [-0.3, -0.25) is 9.59 Å². The molecule has 7 atom stereocenters. The van der Waals surface area contributed by atoms with Crippen LogP contribution in [0.4, 0.5) is 0 Å². The molecule has 0 saturated carbocycles. The second-order valence-electron chi connectivity index (χ2n) is 12.8. The van der Waals surface area contributed by atoms with Gasteiger partial charge < -0.3 is 26.0 Å². The second kappa shape index (κ2) is 14.4. The number of aliphatic hydroxyl groups excluding tert-OH is 3. The van der Waals surface area contributed by atoms with Crippen LogP contribution in [0.15, 0.2) is 109 Å². The van der Waals surface area contributed by atoms with E-state index in [0.29, 0.717) is 25.7 Å². The van der Waals surface area contributed by atoms with Crippen LogP contribution in [0.25, 0.3) is 0 Å². The van der Waals surface area contributed by atoms with Crippen LogP contribution in [0, 0.1) is 11.8 Å². The largest absolute Gasteiger partial charge is 0.393 e. The lowest BCUT2D eigenvalue weighted by Gasteiger charge is -2.27. The van der Waals surface area contributed by atoms with Crippen molar-refractivity contribution in [3.8, 4) is 0 Å². The molecule has 1 unspecified atom stereocenters. The van der Waals surface area contributed by atoms with Crippen molar-refractivity contribution in [2.75, 3.05) is 0 Å². The summed E-state index contributed by atoms with van der Waals surface area (Å²) in [7, 11) is 0. The molecule has 2 aliphatic carbocycles. The number of nitrogens with one attached hydrogen (secondary N) is 2. The average Bonchev–Trinajstić information content (AvgIpc) is 3.55. The van der Waals surface area contributed by atoms with Crippen LogP contribution in [0.1, 0.15) is 58.3 Å². The van der Waals surface area contributed by atoms with Crippen LogP contribution in [0.5, 0.6) is 0 Å². The van der Waals surface area contributed by atoms with E-state index in [4.69, 9.17) is 0 Å². The summed E-state index contributed by atoms with van der Waals surface area (Å²) in [4.78, 5) is 27.7. The first-order chi connectivity index (χ1) is 22.4. The van der Waals surface area contributed by atoms with Gasteiger partial charge in [-0.25, -0.2) is 0 Å². The first kappa shape index (κ1) is 31.7. The van der Waals surface area contributed by atoms with Gasteiger partial charge in [-0.2, -0.15) is 0 Å². The number of amides is 2. The van der Waals surface area contributed by atoms with Gasteiger partial charge in [-0.05, 0) is 59.1 Å². The number of benzene rings is 4. The minimum Gasteiger partial charge on any atom is -0.393 e. The molecule has 0 bridgehead atoms. The minimum atomic E-state index is -0.944. The second-order valence-corrected chi connectivity index (χ2v) is 12.8. The summed E-state index contributed by atoms with van der Waals surface area (Å²) in [6.07, 6.45) is -0.314. The standard InChI is InChI=1S/C39H42N2O5/c42-31(21-29(19-25-11-3-1-4-12-25)38(45)40-36-32-17-9-7-15-27(32)23-34(36)43)22-30(20-26-13-5-2-6-14-26)39(46)41-37-33-18-10-8-16-28(33)24-35(37)44/h1-18,29-31,34-37,42-44H,19-24H2,(H,40,45)(H,41,46)/t29-,30+,31?,34-,35-,36+,37+/m1/s1. The molecule has 6 rings (SSSR count). The van der Waals surface area contributed by atoms with Gasteiger partial charge in [0.05, 0.1) is 30.4 Å². The molecule has 0 saturated heterocycles. The van der Waals surface area contributed by atoms with E-state index in [0.717, 1.165) is 33.4 Å². The Morgan fingerprint density at radius 1 is 0.587 bits per heavy atom. The maximum Gasteiger partial charge on any atom is 0.224 e. The van der Waals surface area contributed by atoms with E-state index in [-0.39, 0.29) is 24.7 Å². The van der Waals surface area contributed by atoms with Crippen molar-refractivity contribution < 1.29 is 24.9 Å². The lowest BCUT2D eigenvalue weighted by Crippen LogP contribution is -2.41. The molecule has 0 radical (unpaired) electrons. The predicted octanol–water partition coefficient (Wildman–Crippen LogP) is 4.39. The van der Waals surface area contributed by atoms with Crippen LogP contribution in [0.3, 0.4) is 0 Å². The number of fused-ring (bicyclic) bond motifs is 2. The fraction of sp³-hybridized carbons (Fsp3) is 0.333. The van der Waals surface area contributed by atoms with E-state index in [9.17, 15) is 24.9 Å². The fourth-order valence-electron chi connectivity index (χ4n) is 7.15. The zero-order chi connectivity index (χ0) is 32.0. The van der Waals surface area contributed by atoms with Gasteiger partial charge in [0.15, 0.2) is 0 Å². The summed E-state index contributed by atoms with van der Waals surface area (Å²) in [5, 5.41) is 39.3. The van der Waals surface area contributed by atoms with E-state index < -0.39 is 42.2 Å². The van der Waals surface area contributed by atoms with Crippen LogP contribution < -0.4 is 10.6 Å². The average molecular weight is 619 g/mol. The Balaban J connectivity index is 1.19. The zero-order valence-electron chi connectivity index (χ0n) is 25.8. The Morgan fingerprint density at radius 2 is 0.957 bits per heavy atom. The molecule has 0 spiro atoms. The van der Waals surface area contributed by atoms with E-state index in [1.54, 1.807) is 0 Å². The highest BCUT2D eigenvalue weighted by Crippen LogP contribution is 2.34. The van der Waals surface area contributed by atoms with E-state index in [1.807, 2.05) is 109 Å². The van der Waals surface area contributed by atoms with Gasteiger partial charge in [0.1, 0.15) is 0 Å². The normalized spacial score (nSPS) is 21.9. The summed E-state index contributed by atoms with van der Waals surface area (Å²) in [5.41, 5.74) is 5.80. The number of carbonyl (C=O) groups is 2. The van der Waals surface area contributed by atoms with Crippen molar-refractivity contribution in [3.05, 3.63) is 143 Å². The highest BCUT2D eigenvalue weighted by molar-refractivity contribution is 5.81. The Hall–Kier alpha value is -4.30. The van der Waals surface area contributed by atoms with Crippen LogP contribution in [0.2, 0.25) is 0 Å². The lowest BCUT2D eigenvalue weighted by atomic mass is 9.86. The molecule has 2 amide bonds. The van der Waals surface area contributed by atoms with E-state index in [2.05, 4.69) is 10.6 Å². The van der Waals surface area contributed by atoms with Crippen molar-refractivity contribution in [2.24, 2.45) is 11.8 Å². The SMILES string of the molecule is O=C(N[C@H]1c2ccccc2C[C@H]1O)[C@H](Cc1ccccc1)CC(O)C[C@H](Cc1ccccc1)C(=O)N[C@H]1c2ccccc2C[C@H]1O. The van der Waals surface area contributed by atoms with Gasteiger partial charge in [-0.1, -0.05) is 109 Å². The number of aliphatic hydroxyl groups is 3. The molecule has 2 aliphatic rings. The molecule has 46 heavy (non-hydrogen) atoms. The Labute approximate surface area is 270 Å². The van der Waals surface area contributed by atoms with Gasteiger partial charge >= 0.3 is 0 Å². The van der Waals surface area contributed by atoms with Crippen LogP contribution in [-0.4, -0.2) is 45.4 Å². The number of hydrogen-bond donors (Lipinski definition) is 5. The molecule has 7 heteroatoms. The molecule has 4 aromatic carbocycles. The monoisotopic (exact) mass is 618 g/mol. The molecular formula is C39H42N2O5. The number of rotatable bonds is 12. The topological polar surface area (TPSA) is 119 Å². The van der Waals surface area contributed by atoms with Crippen molar-refractivity contribution >= 4 is 11.8 Å². The zero-order valence-corrected chi connectivity index (χ0v) is 25.8. The van der Waals surface area contributed by atoms with Gasteiger partial charge in [-0.15, -0.1) is 0 Å². The van der Waals surface area contributed by atoms with Crippen molar-refractivity contribution in [2.45, 2.75) is 68.9 Å². The highest BCUT2D eigenvalue weighted by atomic mass is 16.3. The first-order valence-corrected chi connectivity index (χ1v) is 16.2. The minimum absolute atomic E-state index is 0.151. The first-order valence-electron chi connectivity index (χ1n) is 16.2. The highest BCUT2D eigenvalue weighted by Gasteiger charge is 2.36. The third-order valence-electron chi connectivity index (χ3n) is 9.51. The Kier molecular flexibility index (Phi) is 9.93. The third-order valence-corrected chi connectivity index (χ3v) is 9.51. The molecule has 5 N–H and O–H groups in total. The fourth-order valence-corrected chi connectivity index (χ4v) is 7.15. The molecule has 0 aromatic heterocycles. The van der Waals surface area contributed by atoms with Crippen molar-refractivity contribution in [3.63, 3.8) is 0 Å². The van der Waals surface area contributed by atoms with Crippen molar-refractivity contribution in [1.82, 2.24) is 10.6 Å². The van der Waals surface area contributed by atoms with Crippen LogP contribution in [-0.2, 0) is 35.3 Å². The maximum absolute atomic E-state index is 13.8.